The molecule has 1 heterocycles. The molecule has 0 aliphatic heterocycles. The number of hydrogen-bond donors (Lipinski definition) is 6. The molecule has 194 valence electrons. The molecule has 6 N–H and O–H groups in total. The van der Waals surface area contributed by atoms with Crippen molar-refractivity contribution in [2.45, 2.75) is 59.7 Å². The van der Waals surface area contributed by atoms with E-state index in [2.05, 4.69) is 31.5 Å². The predicted molar refractivity (Wildman–Crippen MR) is 134 cm³/mol. The van der Waals surface area contributed by atoms with E-state index >= 15 is 0 Å². The van der Waals surface area contributed by atoms with E-state index in [0.29, 0.717) is 57.6 Å². The molecule has 0 atom stereocenters. The number of rotatable bonds is 11. The standard InChI is InChI=1S/C24H34BrN3O7/c1-5-34-22(32)21-20(25)19(15-7-6-14(11-29)16(12-30)17(15)13-31)18(28-21)10-26-8-9-27-23(33)35-24(2,3)4/h6-7,26,28-31H,5,8-13H2,1-4H3,(H,27,33). The SMILES string of the molecule is CCOC(=O)c1[nH]c(CNCCNC(=O)OC(C)(C)C)c(-c2ccc(CO)c(CO)c2CO)c1Br. The largest absolute Gasteiger partial charge is 0.461 e. The van der Waals surface area contributed by atoms with Gasteiger partial charge in [-0.2, -0.15) is 0 Å². The number of carbonyl (C=O) groups excluding carboxylic acids is 2. The molecule has 1 aromatic heterocycles. The van der Waals surface area contributed by atoms with Gasteiger partial charge in [-0.25, -0.2) is 9.59 Å². The van der Waals surface area contributed by atoms with Crippen LogP contribution in [0.5, 0.6) is 0 Å². The van der Waals surface area contributed by atoms with Gasteiger partial charge in [0.15, 0.2) is 0 Å². The van der Waals surface area contributed by atoms with Crippen LogP contribution in [-0.4, -0.2) is 57.7 Å². The Bertz CT molecular complexity index is 1030. The van der Waals surface area contributed by atoms with Crippen LogP contribution in [0.4, 0.5) is 4.79 Å². The first kappa shape index (κ1) is 28.8. The molecule has 11 heteroatoms. The Balaban J connectivity index is 2.33. The Hall–Kier alpha value is -2.44. The average Bonchev–Trinajstić information content (AvgIpc) is 3.12. The Morgan fingerprint density at radius 1 is 1.06 bits per heavy atom. The Labute approximate surface area is 213 Å². The van der Waals surface area contributed by atoms with E-state index in [-0.39, 0.29) is 32.1 Å². The number of carbonyl (C=O) groups is 2. The van der Waals surface area contributed by atoms with E-state index in [9.17, 15) is 24.9 Å². The molecule has 0 unspecified atom stereocenters. The van der Waals surface area contributed by atoms with Crippen molar-refractivity contribution in [3.05, 3.63) is 44.7 Å². The van der Waals surface area contributed by atoms with Crippen molar-refractivity contribution in [3.63, 3.8) is 0 Å². The van der Waals surface area contributed by atoms with E-state index in [1.807, 2.05) is 0 Å². The lowest BCUT2D eigenvalue weighted by Crippen LogP contribution is -2.36. The van der Waals surface area contributed by atoms with Crippen molar-refractivity contribution < 1.29 is 34.4 Å². The molecule has 1 amide bonds. The summed E-state index contributed by atoms with van der Waals surface area (Å²) in [7, 11) is 0. The zero-order valence-corrected chi connectivity index (χ0v) is 22.0. The number of aromatic nitrogens is 1. The summed E-state index contributed by atoms with van der Waals surface area (Å²) in [6.07, 6.45) is -0.514. The Morgan fingerprint density at radius 3 is 2.31 bits per heavy atom. The summed E-state index contributed by atoms with van der Waals surface area (Å²) in [6.45, 7) is 7.27. The molecule has 10 nitrogen and oxygen atoms in total. The summed E-state index contributed by atoms with van der Waals surface area (Å²) < 4.78 is 10.8. The Kier molecular flexibility index (Phi) is 10.7. The van der Waals surface area contributed by atoms with E-state index in [1.54, 1.807) is 39.8 Å². The quantitative estimate of drug-likeness (QED) is 0.183. The smallest absolute Gasteiger partial charge is 0.407 e. The first-order chi connectivity index (χ1) is 16.6. The number of esters is 1. The Morgan fingerprint density at radius 2 is 1.74 bits per heavy atom. The van der Waals surface area contributed by atoms with E-state index in [1.165, 1.54) is 0 Å². The van der Waals surface area contributed by atoms with Gasteiger partial charge in [0.25, 0.3) is 0 Å². The molecule has 2 aromatic rings. The predicted octanol–water partition coefficient (Wildman–Crippen LogP) is 2.71. The zero-order chi connectivity index (χ0) is 26.2. The molecule has 0 aliphatic rings. The minimum atomic E-state index is -0.587. The fourth-order valence-electron chi connectivity index (χ4n) is 3.56. The van der Waals surface area contributed by atoms with Crippen LogP contribution >= 0.6 is 15.9 Å². The van der Waals surface area contributed by atoms with E-state index in [4.69, 9.17) is 9.47 Å². The minimum Gasteiger partial charge on any atom is -0.461 e. The highest BCUT2D eigenvalue weighted by atomic mass is 79.9. The van der Waals surface area contributed by atoms with Crippen LogP contribution in [0, 0.1) is 0 Å². The van der Waals surface area contributed by atoms with Gasteiger partial charge >= 0.3 is 12.1 Å². The highest BCUT2D eigenvalue weighted by Gasteiger charge is 2.25. The number of ether oxygens (including phenoxy) is 2. The number of aliphatic hydroxyl groups is 3. The van der Waals surface area contributed by atoms with Gasteiger partial charge in [-0.3, -0.25) is 0 Å². The number of halogens is 1. The van der Waals surface area contributed by atoms with Crippen LogP contribution in [0.1, 0.15) is 60.6 Å². The van der Waals surface area contributed by atoms with Gasteiger partial charge in [0.05, 0.1) is 30.9 Å². The summed E-state index contributed by atoms with van der Waals surface area (Å²) in [6, 6.07) is 3.40. The molecule has 0 fully saturated rings. The summed E-state index contributed by atoms with van der Waals surface area (Å²) in [4.78, 5) is 27.4. The molecule has 0 bridgehead atoms. The van der Waals surface area contributed by atoms with Crippen molar-refractivity contribution in [3.8, 4) is 11.1 Å². The second-order valence-corrected chi connectivity index (χ2v) is 9.49. The van der Waals surface area contributed by atoms with Gasteiger partial charge in [0, 0.05) is 30.9 Å². The van der Waals surface area contributed by atoms with Gasteiger partial charge in [-0.15, -0.1) is 0 Å². The van der Waals surface area contributed by atoms with Crippen LogP contribution in [0.15, 0.2) is 16.6 Å². The van der Waals surface area contributed by atoms with Crippen LogP contribution in [0.25, 0.3) is 11.1 Å². The minimum absolute atomic E-state index is 0.200. The first-order valence-electron chi connectivity index (χ1n) is 11.3. The number of amides is 1. The maximum absolute atomic E-state index is 12.5. The summed E-state index contributed by atoms with van der Waals surface area (Å²) in [5.41, 5.74) is 2.85. The normalized spacial score (nSPS) is 11.4. The number of alkyl carbamates (subject to hydrolysis) is 1. The highest BCUT2D eigenvalue weighted by Crippen LogP contribution is 2.39. The lowest BCUT2D eigenvalue weighted by Gasteiger charge is -2.19. The third-order valence-corrected chi connectivity index (χ3v) is 5.85. The molecule has 0 spiro atoms. The fraction of sp³-hybridized carbons (Fsp3) is 0.500. The van der Waals surface area contributed by atoms with Gasteiger partial charge in [0.2, 0.25) is 0 Å². The molecule has 0 aliphatic carbocycles. The maximum Gasteiger partial charge on any atom is 0.407 e. The molecule has 0 radical (unpaired) electrons. The number of hydrogen-bond acceptors (Lipinski definition) is 8. The van der Waals surface area contributed by atoms with Crippen molar-refractivity contribution in [1.29, 1.82) is 0 Å². The van der Waals surface area contributed by atoms with Crippen molar-refractivity contribution in [2.24, 2.45) is 0 Å². The maximum atomic E-state index is 12.5. The lowest BCUT2D eigenvalue weighted by molar-refractivity contribution is 0.0511. The third kappa shape index (κ3) is 7.52. The van der Waals surface area contributed by atoms with Gasteiger partial charge in [-0.1, -0.05) is 12.1 Å². The van der Waals surface area contributed by atoms with Gasteiger partial charge in [-0.05, 0) is 65.9 Å². The second-order valence-electron chi connectivity index (χ2n) is 8.70. The first-order valence-corrected chi connectivity index (χ1v) is 12.1. The number of aromatic amines is 1. The lowest BCUT2D eigenvalue weighted by atomic mass is 9.92. The van der Waals surface area contributed by atoms with Crippen molar-refractivity contribution in [1.82, 2.24) is 15.6 Å². The van der Waals surface area contributed by atoms with E-state index in [0.717, 1.165) is 0 Å². The molecular formula is C24H34BrN3O7. The monoisotopic (exact) mass is 555 g/mol. The topological polar surface area (TPSA) is 153 Å². The summed E-state index contributed by atoms with van der Waals surface area (Å²) >= 11 is 3.50. The second kappa shape index (κ2) is 13.0. The van der Waals surface area contributed by atoms with Crippen molar-refractivity contribution in [2.75, 3.05) is 19.7 Å². The molecule has 35 heavy (non-hydrogen) atoms. The van der Waals surface area contributed by atoms with Crippen LogP contribution in [0.2, 0.25) is 0 Å². The number of benzene rings is 1. The number of nitrogens with one attached hydrogen (secondary N) is 3. The molecule has 0 saturated heterocycles. The third-order valence-electron chi connectivity index (χ3n) is 5.05. The molecule has 0 saturated carbocycles. The van der Waals surface area contributed by atoms with Gasteiger partial charge in [0.1, 0.15) is 11.3 Å². The van der Waals surface area contributed by atoms with Crippen molar-refractivity contribution >= 4 is 28.0 Å². The van der Waals surface area contributed by atoms with Crippen LogP contribution in [0.3, 0.4) is 0 Å². The van der Waals surface area contributed by atoms with Crippen LogP contribution < -0.4 is 10.6 Å². The molecule has 2 rings (SSSR count). The molecule has 1 aromatic carbocycles. The summed E-state index contributed by atoms with van der Waals surface area (Å²) in [5.74, 6) is -0.543. The van der Waals surface area contributed by atoms with Gasteiger partial charge < -0.3 is 40.4 Å². The number of H-pyrrole nitrogens is 1. The van der Waals surface area contributed by atoms with Crippen LogP contribution in [-0.2, 0) is 35.8 Å². The fourth-order valence-corrected chi connectivity index (χ4v) is 4.28. The number of aliphatic hydroxyl groups excluding tert-OH is 3. The average molecular weight is 556 g/mol. The summed E-state index contributed by atoms with van der Waals surface area (Å²) in [5, 5.41) is 35.5. The molecular weight excluding hydrogens is 522 g/mol. The zero-order valence-electron chi connectivity index (χ0n) is 20.5. The highest BCUT2D eigenvalue weighted by molar-refractivity contribution is 9.10. The van der Waals surface area contributed by atoms with E-state index < -0.39 is 17.7 Å².